The van der Waals surface area contributed by atoms with E-state index in [4.69, 9.17) is 9.47 Å². The van der Waals surface area contributed by atoms with Gasteiger partial charge in [-0.25, -0.2) is 18.4 Å². The van der Waals surface area contributed by atoms with Gasteiger partial charge in [-0.3, -0.25) is 9.69 Å². The molecule has 0 aliphatic carbocycles. The number of hydrogen-bond donors (Lipinski definition) is 2. The van der Waals surface area contributed by atoms with Gasteiger partial charge in [-0.05, 0) is 18.2 Å². The number of amides is 2. The number of cyclic esters (lactones) is 1. The van der Waals surface area contributed by atoms with Crippen LogP contribution in [-0.2, 0) is 18.8 Å². The number of hydrogen-bond acceptors (Lipinski definition) is 6. The molecule has 1 unspecified atom stereocenters. The summed E-state index contributed by atoms with van der Waals surface area (Å²) in [6.07, 6.45) is -1.73. The molecular weight excluding hydrogens is 396 g/mol. The highest BCUT2D eigenvalue weighted by Crippen LogP contribution is 2.40. The summed E-state index contributed by atoms with van der Waals surface area (Å²) in [5.41, 5.74) is 0.660. The molecule has 2 N–H and O–H groups in total. The first-order valence-electron chi connectivity index (χ1n) is 8.61. The summed E-state index contributed by atoms with van der Waals surface area (Å²) < 4.78 is 36.7. The SMILES string of the molecule is CC(=O)N(CC1CN(c2ccc(N3CCOCC3)c(F)c2)C(=O)O1)P(=O)(O)O. The normalized spacial score (nSPS) is 20.3. The summed E-state index contributed by atoms with van der Waals surface area (Å²) in [6.45, 7) is 2.62. The molecule has 1 atom stereocenters. The summed E-state index contributed by atoms with van der Waals surface area (Å²) in [7, 11) is -4.83. The molecule has 2 saturated heterocycles. The Morgan fingerprint density at radius 3 is 2.61 bits per heavy atom. The van der Waals surface area contributed by atoms with Crippen molar-refractivity contribution in [2.24, 2.45) is 0 Å². The van der Waals surface area contributed by atoms with E-state index in [1.807, 2.05) is 4.90 Å². The molecule has 0 spiro atoms. The smallest absolute Gasteiger partial charge is 0.432 e. The average molecular weight is 417 g/mol. The number of morpholine rings is 1. The minimum Gasteiger partial charge on any atom is -0.442 e. The molecule has 154 valence electrons. The predicted octanol–water partition coefficient (Wildman–Crippen LogP) is 0.929. The van der Waals surface area contributed by atoms with Crippen molar-refractivity contribution in [1.29, 1.82) is 0 Å². The third-order valence-electron chi connectivity index (χ3n) is 4.52. The number of halogens is 1. The number of rotatable bonds is 5. The van der Waals surface area contributed by atoms with E-state index < -0.39 is 38.2 Å². The highest BCUT2D eigenvalue weighted by molar-refractivity contribution is 7.49. The van der Waals surface area contributed by atoms with E-state index in [1.165, 1.54) is 6.07 Å². The van der Waals surface area contributed by atoms with Gasteiger partial charge in [0.2, 0.25) is 5.91 Å². The zero-order valence-corrected chi connectivity index (χ0v) is 16.0. The van der Waals surface area contributed by atoms with E-state index in [2.05, 4.69) is 0 Å². The van der Waals surface area contributed by atoms with Gasteiger partial charge in [0.1, 0.15) is 11.9 Å². The Morgan fingerprint density at radius 1 is 1.36 bits per heavy atom. The van der Waals surface area contributed by atoms with Gasteiger partial charge in [-0.15, -0.1) is 0 Å². The molecule has 2 fully saturated rings. The number of benzene rings is 1. The van der Waals surface area contributed by atoms with E-state index in [0.29, 0.717) is 36.7 Å². The van der Waals surface area contributed by atoms with Crippen LogP contribution in [0, 0.1) is 5.82 Å². The number of carbonyl (C=O) groups excluding carboxylic acids is 2. The van der Waals surface area contributed by atoms with Gasteiger partial charge in [0.25, 0.3) is 0 Å². The van der Waals surface area contributed by atoms with Crippen LogP contribution in [0.3, 0.4) is 0 Å². The molecule has 3 rings (SSSR count). The Kier molecular flexibility index (Phi) is 5.90. The summed E-state index contributed by atoms with van der Waals surface area (Å²) in [5, 5.41) is 0. The van der Waals surface area contributed by atoms with Gasteiger partial charge in [0.15, 0.2) is 0 Å². The number of ether oxygens (including phenoxy) is 2. The van der Waals surface area contributed by atoms with Crippen LogP contribution in [0.2, 0.25) is 0 Å². The van der Waals surface area contributed by atoms with Crippen LogP contribution in [0.4, 0.5) is 20.6 Å². The molecule has 2 aliphatic heterocycles. The lowest BCUT2D eigenvalue weighted by Gasteiger charge is -2.29. The Balaban J connectivity index is 1.72. The molecule has 2 heterocycles. The van der Waals surface area contributed by atoms with Crippen LogP contribution >= 0.6 is 7.75 Å². The maximum atomic E-state index is 14.6. The zero-order chi connectivity index (χ0) is 20.5. The standard InChI is InChI=1S/C16H21FN3O7P/c1-11(21)20(28(23,24)25)10-13-9-19(16(22)27-13)12-2-3-15(14(17)8-12)18-4-6-26-7-5-18/h2-3,8,13H,4-7,9-10H2,1H3,(H2,23,24,25). The molecule has 12 heteroatoms. The van der Waals surface area contributed by atoms with Crippen molar-refractivity contribution in [2.75, 3.05) is 49.2 Å². The van der Waals surface area contributed by atoms with Crippen LogP contribution in [0.15, 0.2) is 18.2 Å². The van der Waals surface area contributed by atoms with Crippen molar-refractivity contribution >= 4 is 31.1 Å². The van der Waals surface area contributed by atoms with Crippen molar-refractivity contribution in [3.63, 3.8) is 0 Å². The summed E-state index contributed by atoms with van der Waals surface area (Å²) in [4.78, 5) is 45.1. The second kappa shape index (κ2) is 8.04. The molecule has 2 aliphatic rings. The van der Waals surface area contributed by atoms with Gasteiger partial charge >= 0.3 is 13.8 Å². The highest BCUT2D eigenvalue weighted by Gasteiger charge is 2.38. The van der Waals surface area contributed by atoms with Gasteiger partial charge in [0.05, 0.1) is 37.7 Å². The first-order chi connectivity index (χ1) is 13.2. The van der Waals surface area contributed by atoms with Crippen LogP contribution in [0.1, 0.15) is 6.92 Å². The van der Waals surface area contributed by atoms with Crippen molar-refractivity contribution in [1.82, 2.24) is 4.67 Å². The van der Waals surface area contributed by atoms with E-state index in [1.54, 1.807) is 12.1 Å². The van der Waals surface area contributed by atoms with Crippen molar-refractivity contribution in [3.8, 4) is 0 Å². The molecule has 0 saturated carbocycles. The second-order valence-corrected chi connectivity index (χ2v) is 7.98. The average Bonchev–Trinajstić information content (AvgIpc) is 2.99. The highest BCUT2D eigenvalue weighted by atomic mass is 31.2. The number of carbonyl (C=O) groups is 2. The zero-order valence-electron chi connectivity index (χ0n) is 15.2. The van der Waals surface area contributed by atoms with Crippen LogP contribution < -0.4 is 9.80 Å². The fourth-order valence-electron chi connectivity index (χ4n) is 3.16. The van der Waals surface area contributed by atoms with E-state index in [9.17, 15) is 28.3 Å². The van der Waals surface area contributed by atoms with E-state index >= 15 is 0 Å². The lowest BCUT2D eigenvalue weighted by Crippen LogP contribution is -2.37. The quantitative estimate of drug-likeness (QED) is 0.679. The fraction of sp³-hybridized carbons (Fsp3) is 0.500. The Bertz CT molecular complexity index is 811. The summed E-state index contributed by atoms with van der Waals surface area (Å²) >= 11 is 0. The maximum Gasteiger partial charge on any atom is 0.432 e. The minimum absolute atomic E-state index is 0.0705. The first-order valence-corrected chi connectivity index (χ1v) is 10.2. The lowest BCUT2D eigenvalue weighted by molar-refractivity contribution is -0.126. The van der Waals surface area contributed by atoms with Gasteiger partial charge in [-0.1, -0.05) is 0 Å². The summed E-state index contributed by atoms with van der Waals surface area (Å²) in [6, 6.07) is 4.34. The molecule has 0 bridgehead atoms. The van der Waals surface area contributed by atoms with Crippen LogP contribution in [-0.4, -0.2) is 72.0 Å². The third-order valence-corrected chi connectivity index (χ3v) is 5.60. The molecule has 2 amide bonds. The molecule has 1 aromatic rings. The van der Waals surface area contributed by atoms with Crippen molar-refractivity contribution in [2.45, 2.75) is 13.0 Å². The first kappa shape index (κ1) is 20.5. The molecule has 28 heavy (non-hydrogen) atoms. The van der Waals surface area contributed by atoms with Gasteiger partial charge < -0.3 is 24.2 Å². The van der Waals surface area contributed by atoms with Gasteiger partial charge in [0, 0.05) is 20.0 Å². The maximum absolute atomic E-state index is 14.6. The summed E-state index contributed by atoms with van der Waals surface area (Å²) in [5.74, 6) is -1.35. The lowest BCUT2D eigenvalue weighted by atomic mass is 10.2. The predicted molar refractivity (Wildman–Crippen MR) is 96.5 cm³/mol. The third kappa shape index (κ3) is 4.44. The van der Waals surface area contributed by atoms with E-state index in [-0.39, 0.29) is 12.2 Å². The van der Waals surface area contributed by atoms with Crippen molar-refractivity contribution < 1.29 is 37.8 Å². The molecule has 0 radical (unpaired) electrons. The number of nitrogens with zero attached hydrogens (tertiary/aromatic N) is 3. The fourth-order valence-corrected chi connectivity index (χ4v) is 3.92. The molecule has 10 nitrogen and oxygen atoms in total. The van der Waals surface area contributed by atoms with Crippen LogP contribution in [0.5, 0.6) is 0 Å². The topological polar surface area (TPSA) is 120 Å². The monoisotopic (exact) mass is 417 g/mol. The van der Waals surface area contributed by atoms with E-state index in [0.717, 1.165) is 11.8 Å². The van der Waals surface area contributed by atoms with Crippen LogP contribution in [0.25, 0.3) is 0 Å². The number of anilines is 2. The Hall–Kier alpha value is -2.20. The largest absolute Gasteiger partial charge is 0.442 e. The minimum atomic E-state index is -4.83. The Morgan fingerprint density at radius 2 is 2.04 bits per heavy atom. The molecule has 0 aromatic heterocycles. The molecular formula is C16H21FN3O7P. The molecule has 1 aromatic carbocycles. The van der Waals surface area contributed by atoms with Crippen molar-refractivity contribution in [3.05, 3.63) is 24.0 Å². The van der Waals surface area contributed by atoms with Gasteiger partial charge in [-0.2, -0.15) is 0 Å². The second-order valence-electron chi connectivity index (χ2n) is 6.47. The Labute approximate surface area is 160 Å².